The molecule has 2 fully saturated rings. The van der Waals surface area contributed by atoms with Crippen LogP contribution in [0.15, 0.2) is 46.0 Å². The molecule has 11 heteroatoms. The highest BCUT2D eigenvalue weighted by atomic mass is 35.5. The van der Waals surface area contributed by atoms with Gasteiger partial charge in [0.05, 0.1) is 27.4 Å². The summed E-state index contributed by atoms with van der Waals surface area (Å²) in [7, 11) is 0. The number of nitrogens with one attached hydrogen (secondary N) is 1. The van der Waals surface area contributed by atoms with Gasteiger partial charge < -0.3 is 10.2 Å². The average Bonchev–Trinajstić information content (AvgIpc) is 3.79. The summed E-state index contributed by atoms with van der Waals surface area (Å²) in [5, 5.41) is 12.6. The fraction of sp³-hybridized carbons (Fsp3) is 0.438. The summed E-state index contributed by atoms with van der Waals surface area (Å²) in [6, 6.07) is 11.3. The van der Waals surface area contributed by atoms with Gasteiger partial charge in [0.1, 0.15) is 6.07 Å². The van der Waals surface area contributed by atoms with Crippen molar-refractivity contribution in [2.45, 2.75) is 59.0 Å². The topological polar surface area (TPSA) is 134 Å². The fourth-order valence-corrected chi connectivity index (χ4v) is 6.10. The van der Waals surface area contributed by atoms with Crippen molar-refractivity contribution in [1.29, 1.82) is 5.26 Å². The summed E-state index contributed by atoms with van der Waals surface area (Å²) in [6.45, 7) is 6.16. The van der Waals surface area contributed by atoms with Crippen LogP contribution in [0.25, 0.3) is 10.9 Å². The molecule has 1 saturated heterocycles. The maximum atomic E-state index is 13.5. The Bertz CT molecular complexity index is 1780. The predicted octanol–water partition coefficient (Wildman–Crippen LogP) is 4.38. The van der Waals surface area contributed by atoms with Crippen LogP contribution >= 0.6 is 11.6 Å². The number of hydrogen-bond donors (Lipinski definition) is 1. The highest BCUT2D eigenvalue weighted by molar-refractivity contribution is 6.32. The lowest BCUT2D eigenvalue weighted by Gasteiger charge is -2.36. The van der Waals surface area contributed by atoms with Crippen molar-refractivity contribution in [3.05, 3.63) is 73.4 Å². The molecule has 2 unspecified atom stereocenters. The van der Waals surface area contributed by atoms with Gasteiger partial charge in [0.15, 0.2) is 5.78 Å². The SMILES string of the molecule is CC(=O)N1CC(CC(=O)c2ccc(C#N)c(Cl)c2)CC(C(=O)Nc2ccc3c(c2)c(=O)n(CC2CC2)c(=O)n3C(C)C)C1. The molecular weight excluding hydrogens is 570 g/mol. The van der Waals surface area contributed by atoms with Crippen molar-refractivity contribution in [2.75, 3.05) is 18.4 Å². The number of anilines is 1. The van der Waals surface area contributed by atoms with Gasteiger partial charge in [-0.1, -0.05) is 11.6 Å². The lowest BCUT2D eigenvalue weighted by atomic mass is 9.84. The minimum atomic E-state index is -0.577. The molecule has 10 nitrogen and oxygen atoms in total. The number of piperidine rings is 1. The van der Waals surface area contributed by atoms with Crippen molar-refractivity contribution >= 4 is 45.8 Å². The molecule has 0 spiro atoms. The first-order valence-corrected chi connectivity index (χ1v) is 14.9. The highest BCUT2D eigenvalue weighted by Gasteiger charge is 2.34. The van der Waals surface area contributed by atoms with Crippen molar-refractivity contribution < 1.29 is 14.4 Å². The lowest BCUT2D eigenvalue weighted by molar-refractivity contribution is -0.134. The van der Waals surface area contributed by atoms with Crippen LogP contribution in [0.2, 0.25) is 5.02 Å². The van der Waals surface area contributed by atoms with E-state index in [0.29, 0.717) is 47.6 Å². The van der Waals surface area contributed by atoms with Crippen LogP contribution in [-0.4, -0.2) is 44.7 Å². The number of benzene rings is 2. The number of ketones is 1. The number of nitriles is 1. The number of likely N-dealkylation sites (tertiary alicyclic amines) is 1. The van der Waals surface area contributed by atoms with E-state index in [4.69, 9.17) is 16.9 Å². The normalized spacial score (nSPS) is 18.5. The third kappa shape index (κ3) is 6.42. The van der Waals surface area contributed by atoms with E-state index in [1.807, 2.05) is 19.9 Å². The van der Waals surface area contributed by atoms with E-state index in [2.05, 4.69) is 5.32 Å². The Kier molecular flexibility index (Phi) is 8.56. The number of aromatic nitrogens is 2. The molecule has 3 aromatic rings. The fourth-order valence-electron chi connectivity index (χ4n) is 5.88. The highest BCUT2D eigenvalue weighted by Crippen LogP contribution is 2.31. The molecule has 224 valence electrons. The molecule has 0 bridgehead atoms. The van der Waals surface area contributed by atoms with Gasteiger partial charge in [0, 0.05) is 50.3 Å². The van der Waals surface area contributed by atoms with Crippen molar-refractivity contribution in [1.82, 2.24) is 14.0 Å². The molecule has 1 aliphatic heterocycles. The third-order valence-corrected chi connectivity index (χ3v) is 8.64. The van der Waals surface area contributed by atoms with Gasteiger partial charge in [0.25, 0.3) is 5.56 Å². The zero-order chi connectivity index (χ0) is 31.0. The summed E-state index contributed by atoms with van der Waals surface area (Å²) in [5.74, 6) is -1.21. The standard InChI is InChI=1S/C32H34ClN5O5/c1-18(2)38-28-9-8-25(13-26(28)31(42)37(32(38)43)16-20-4-5-20)35-30(41)24-10-21(15-36(17-24)19(3)39)11-29(40)22-6-7-23(14-34)27(33)12-22/h6-9,12-13,18,20-21,24H,4-5,10-11,15-17H2,1-3H3,(H,35,41). The molecule has 43 heavy (non-hydrogen) atoms. The number of carbonyl (C=O) groups is 3. The number of rotatable bonds is 8. The number of nitrogens with zero attached hydrogens (tertiary/aromatic N) is 4. The second-order valence-electron chi connectivity index (χ2n) is 12.0. The van der Waals surface area contributed by atoms with E-state index < -0.39 is 5.92 Å². The molecular formula is C32H34ClN5O5. The molecule has 2 atom stereocenters. The molecule has 2 aliphatic rings. The van der Waals surface area contributed by atoms with Crippen molar-refractivity contribution in [3.8, 4) is 6.07 Å². The van der Waals surface area contributed by atoms with Crippen LogP contribution in [0.1, 0.15) is 68.4 Å². The minimum absolute atomic E-state index is 0.110. The first kappa shape index (κ1) is 30.2. The van der Waals surface area contributed by atoms with Gasteiger partial charge >= 0.3 is 5.69 Å². The van der Waals surface area contributed by atoms with Gasteiger partial charge in [-0.3, -0.25) is 28.3 Å². The van der Waals surface area contributed by atoms with E-state index in [1.54, 1.807) is 33.7 Å². The second-order valence-corrected chi connectivity index (χ2v) is 12.4. The largest absolute Gasteiger partial charge is 0.342 e. The van der Waals surface area contributed by atoms with Crippen molar-refractivity contribution in [2.24, 2.45) is 17.8 Å². The Morgan fingerprint density at radius 1 is 1.07 bits per heavy atom. The first-order chi connectivity index (χ1) is 20.5. The molecule has 1 N–H and O–H groups in total. The van der Waals surface area contributed by atoms with Gasteiger partial charge in [-0.05, 0) is 81.3 Å². The number of halogens is 1. The summed E-state index contributed by atoms with van der Waals surface area (Å²) in [5.41, 5.74) is 0.873. The summed E-state index contributed by atoms with van der Waals surface area (Å²) >= 11 is 6.12. The Morgan fingerprint density at radius 2 is 1.81 bits per heavy atom. The maximum absolute atomic E-state index is 13.5. The lowest BCUT2D eigenvalue weighted by Crippen LogP contribution is -2.47. The smallest absolute Gasteiger partial charge is 0.331 e. The second kappa shape index (κ2) is 12.2. The zero-order valence-electron chi connectivity index (χ0n) is 24.4. The monoisotopic (exact) mass is 603 g/mol. The first-order valence-electron chi connectivity index (χ1n) is 14.5. The number of Topliss-reactive ketones (excluding diaryl/α,β-unsaturated/α-hetero) is 1. The van der Waals surface area contributed by atoms with Gasteiger partial charge in [-0.25, -0.2) is 4.79 Å². The van der Waals surface area contributed by atoms with Crippen LogP contribution in [0.5, 0.6) is 0 Å². The van der Waals surface area contributed by atoms with E-state index in [0.717, 1.165) is 12.8 Å². The molecule has 2 amide bonds. The Morgan fingerprint density at radius 3 is 2.44 bits per heavy atom. The number of fused-ring (bicyclic) bond motifs is 1. The number of carbonyl (C=O) groups excluding carboxylic acids is 3. The number of amides is 2. The van der Waals surface area contributed by atoms with Crippen LogP contribution in [-0.2, 0) is 16.1 Å². The van der Waals surface area contributed by atoms with Crippen LogP contribution in [0, 0.1) is 29.1 Å². The van der Waals surface area contributed by atoms with Crippen LogP contribution < -0.4 is 16.6 Å². The molecule has 5 rings (SSSR count). The van der Waals surface area contributed by atoms with Gasteiger partial charge in [-0.15, -0.1) is 0 Å². The quantitative estimate of drug-likeness (QED) is 0.380. The zero-order valence-corrected chi connectivity index (χ0v) is 25.2. The Hall–Kier alpha value is -4.23. The van der Waals surface area contributed by atoms with E-state index in [9.17, 15) is 24.0 Å². The van der Waals surface area contributed by atoms with E-state index in [-0.39, 0.29) is 64.4 Å². The molecule has 2 heterocycles. The molecule has 1 aliphatic carbocycles. The molecule has 2 aromatic carbocycles. The number of hydrogen-bond acceptors (Lipinski definition) is 6. The van der Waals surface area contributed by atoms with Crippen LogP contribution in [0.3, 0.4) is 0 Å². The summed E-state index contributed by atoms with van der Waals surface area (Å²) in [6.07, 6.45) is 2.49. The average molecular weight is 604 g/mol. The molecule has 1 saturated carbocycles. The minimum Gasteiger partial charge on any atom is -0.342 e. The molecule has 1 aromatic heterocycles. The van der Waals surface area contributed by atoms with E-state index in [1.165, 1.54) is 23.6 Å². The summed E-state index contributed by atoms with van der Waals surface area (Å²) < 4.78 is 2.92. The molecule has 0 radical (unpaired) electrons. The summed E-state index contributed by atoms with van der Waals surface area (Å²) in [4.78, 5) is 67.1. The van der Waals surface area contributed by atoms with E-state index >= 15 is 0 Å². The Labute approximate surface area is 253 Å². The van der Waals surface area contributed by atoms with Crippen LogP contribution in [0.4, 0.5) is 5.69 Å². The Balaban J connectivity index is 1.37. The maximum Gasteiger partial charge on any atom is 0.331 e. The van der Waals surface area contributed by atoms with Gasteiger partial charge in [0.2, 0.25) is 11.8 Å². The predicted molar refractivity (Wildman–Crippen MR) is 163 cm³/mol. The third-order valence-electron chi connectivity index (χ3n) is 8.33. The van der Waals surface area contributed by atoms with Crippen molar-refractivity contribution in [3.63, 3.8) is 0 Å². The van der Waals surface area contributed by atoms with Gasteiger partial charge in [-0.2, -0.15) is 5.26 Å².